The number of rotatable bonds is 11. The molecule has 0 atom stereocenters. The van der Waals surface area contributed by atoms with Gasteiger partial charge >= 0.3 is 24.1 Å². The number of pyridine rings is 1. The number of hydrogen-bond donors (Lipinski definition) is 5. The summed E-state index contributed by atoms with van der Waals surface area (Å²) in [5.74, 6) is 0.946. The molecule has 8 rings (SSSR count). The lowest BCUT2D eigenvalue weighted by Crippen LogP contribution is -2.43. The lowest BCUT2D eigenvalue weighted by atomic mass is 10.2. The zero-order chi connectivity index (χ0) is 48.2. The fourth-order valence-corrected chi connectivity index (χ4v) is 5.91. The molecule has 1 aliphatic rings. The smallest absolute Gasteiger partial charge is 0.416 e. The second-order valence-corrected chi connectivity index (χ2v) is 14.3. The van der Waals surface area contributed by atoms with Crippen LogP contribution >= 0.6 is 0 Å². The number of para-hydroxylation sites is 1. The summed E-state index contributed by atoms with van der Waals surface area (Å²) in [5.41, 5.74) is 7.78. The van der Waals surface area contributed by atoms with Crippen LogP contribution in [-0.4, -0.2) is 64.4 Å². The topological polar surface area (TPSA) is 194 Å². The summed E-state index contributed by atoms with van der Waals surface area (Å²) in [6, 6.07) is 43.5. The molecule has 0 bridgehead atoms. The van der Waals surface area contributed by atoms with E-state index < -0.39 is 29.6 Å². The number of anilines is 2. The molecule has 1 aliphatic heterocycles. The minimum atomic E-state index is -4.39. The number of benzene rings is 6. The Kier molecular flexibility index (Phi) is 18.2. The number of aryl methyl sites for hydroxylation is 1. The van der Waals surface area contributed by atoms with E-state index in [0.29, 0.717) is 23.1 Å². The maximum Gasteiger partial charge on any atom is 0.416 e. The summed E-state index contributed by atoms with van der Waals surface area (Å²) < 4.78 is 53.6. The molecule has 0 aliphatic carbocycles. The van der Waals surface area contributed by atoms with Gasteiger partial charge in [-0.05, 0) is 145 Å². The average Bonchev–Trinajstić information content (AvgIpc) is 3.34. The van der Waals surface area contributed by atoms with E-state index in [1.54, 1.807) is 24.3 Å². The van der Waals surface area contributed by atoms with E-state index in [1.165, 1.54) is 66.2 Å². The highest BCUT2D eigenvalue weighted by atomic mass is 19.4. The van der Waals surface area contributed by atoms with Crippen molar-refractivity contribution >= 4 is 29.4 Å². The van der Waals surface area contributed by atoms with Crippen molar-refractivity contribution in [1.29, 1.82) is 0 Å². The number of ether oxygens (including phenoxy) is 3. The minimum absolute atomic E-state index is 0.102. The van der Waals surface area contributed by atoms with Crippen LogP contribution in [0.3, 0.4) is 0 Å². The second kappa shape index (κ2) is 24.6. The number of nitrogens with two attached hydrogens (primary N) is 1. The number of nitrogens with zero attached hydrogens (tertiary/aromatic N) is 2. The molecule has 0 unspecified atom stereocenters. The van der Waals surface area contributed by atoms with Gasteiger partial charge in [0.1, 0.15) is 40.3 Å². The molecular weight excluding hydrogens is 870 g/mol. The van der Waals surface area contributed by atoms with Gasteiger partial charge in [-0.3, -0.25) is 0 Å². The summed E-state index contributed by atoms with van der Waals surface area (Å²) in [6.07, 6.45) is -1.56. The highest BCUT2D eigenvalue weighted by Crippen LogP contribution is 2.31. The molecule has 0 saturated carbocycles. The molecule has 6 aromatic carbocycles. The van der Waals surface area contributed by atoms with E-state index in [4.69, 9.17) is 35.3 Å². The second-order valence-electron chi connectivity index (χ2n) is 14.3. The first kappa shape index (κ1) is 49.6. The van der Waals surface area contributed by atoms with Crippen LogP contribution in [0.15, 0.2) is 170 Å². The van der Waals surface area contributed by atoms with Crippen LogP contribution in [0.2, 0.25) is 0 Å². The first-order valence-corrected chi connectivity index (χ1v) is 20.7. The minimum Gasteiger partial charge on any atom is -0.478 e. The van der Waals surface area contributed by atoms with Crippen LogP contribution in [0, 0.1) is 0 Å². The molecule has 0 radical (unpaired) electrons. The van der Waals surface area contributed by atoms with E-state index in [1.807, 2.05) is 72.9 Å². The molecule has 0 amide bonds. The van der Waals surface area contributed by atoms with Crippen LogP contribution in [0.4, 0.5) is 24.7 Å². The number of carboxylic acid groups (broad SMARTS) is 3. The van der Waals surface area contributed by atoms with Crippen molar-refractivity contribution in [3.63, 3.8) is 0 Å². The Morgan fingerprint density at radius 3 is 1.28 bits per heavy atom. The predicted molar refractivity (Wildman–Crippen MR) is 248 cm³/mol. The molecule has 1 saturated heterocycles. The van der Waals surface area contributed by atoms with E-state index >= 15 is 0 Å². The van der Waals surface area contributed by atoms with Gasteiger partial charge in [-0.15, -0.1) is 0 Å². The van der Waals surface area contributed by atoms with Gasteiger partial charge in [0.25, 0.3) is 0 Å². The summed E-state index contributed by atoms with van der Waals surface area (Å²) in [5, 5.41) is 29.5. The molecule has 1 fully saturated rings. The van der Waals surface area contributed by atoms with Gasteiger partial charge in [-0.1, -0.05) is 37.3 Å². The fourth-order valence-electron chi connectivity index (χ4n) is 5.91. The van der Waals surface area contributed by atoms with Crippen molar-refractivity contribution in [3.8, 4) is 34.5 Å². The molecule has 6 N–H and O–H groups in total. The van der Waals surface area contributed by atoms with Gasteiger partial charge in [0, 0.05) is 26.2 Å². The Morgan fingerprint density at radius 1 is 0.567 bits per heavy atom. The van der Waals surface area contributed by atoms with Crippen LogP contribution in [0.5, 0.6) is 34.5 Å². The number of hydrogen-bond acceptors (Lipinski definition) is 10. The monoisotopic (exact) mass is 916 g/mol. The molecule has 0 spiro atoms. The SMILES string of the molecule is CCc1ccc(Oc2ccc(C(=O)O)cc2)cc1.Nc1ccc(N2CCNCC2)cn1.O=C(O)c1ccc(Oc2ccc(C(F)(F)F)cc2)cc1.O=C(O)c1ccc(Oc2ccccc2)cc1. The van der Waals surface area contributed by atoms with Crippen molar-refractivity contribution in [2.45, 2.75) is 19.5 Å². The maximum absolute atomic E-state index is 12.4. The highest BCUT2D eigenvalue weighted by Gasteiger charge is 2.30. The molecule has 346 valence electrons. The van der Waals surface area contributed by atoms with E-state index in [0.717, 1.165) is 61.9 Å². The summed E-state index contributed by atoms with van der Waals surface area (Å²) in [7, 11) is 0. The Labute approximate surface area is 384 Å². The standard InChI is InChI=1S/C15H14O3.C14H9F3O3.C13H10O3.C9H14N4/c1-2-11-3-7-13(8-4-11)18-14-9-5-12(6-10-14)15(16)17;15-14(16,17)10-3-7-12(8-4-10)20-11-5-1-9(2-6-11)13(18)19;14-13(15)10-6-8-12(9-7-10)16-11-4-2-1-3-5-11;10-9-2-1-8(7-12-9)13-5-3-11-4-6-13/h3-10H,2H2,1H3,(H,16,17);1-8H,(H,18,19);1-9H,(H,14,15);1-2,7,11H,3-6H2,(H2,10,12). The van der Waals surface area contributed by atoms with Crippen molar-refractivity contribution in [1.82, 2.24) is 10.3 Å². The number of carbonyl (C=O) groups is 3. The zero-order valence-corrected chi connectivity index (χ0v) is 36.1. The first-order chi connectivity index (χ1) is 32.2. The van der Waals surface area contributed by atoms with E-state index in [9.17, 15) is 27.6 Å². The zero-order valence-electron chi connectivity index (χ0n) is 36.1. The molecule has 1 aromatic heterocycles. The molecule has 13 nitrogen and oxygen atoms in total. The van der Waals surface area contributed by atoms with Crippen LogP contribution in [-0.2, 0) is 12.6 Å². The van der Waals surface area contributed by atoms with Gasteiger partial charge in [-0.2, -0.15) is 13.2 Å². The predicted octanol–water partition coefficient (Wildman–Crippen LogP) is 11.2. The van der Waals surface area contributed by atoms with Gasteiger partial charge < -0.3 is 45.5 Å². The summed E-state index contributed by atoms with van der Waals surface area (Å²) in [6.45, 7) is 6.28. The normalized spacial score (nSPS) is 11.7. The third kappa shape index (κ3) is 16.6. The van der Waals surface area contributed by atoms with Crippen molar-refractivity contribution in [3.05, 3.63) is 198 Å². The highest BCUT2D eigenvalue weighted by molar-refractivity contribution is 5.88. The first-order valence-electron chi connectivity index (χ1n) is 20.7. The number of nitrogens with one attached hydrogen (secondary N) is 1. The van der Waals surface area contributed by atoms with Crippen molar-refractivity contribution in [2.75, 3.05) is 36.8 Å². The number of alkyl halides is 3. The van der Waals surface area contributed by atoms with Crippen molar-refractivity contribution in [2.24, 2.45) is 0 Å². The van der Waals surface area contributed by atoms with Crippen LogP contribution in [0.1, 0.15) is 49.1 Å². The summed E-state index contributed by atoms with van der Waals surface area (Å²) in [4.78, 5) is 38.4. The fraction of sp³-hybridized carbons (Fsp3) is 0.137. The Morgan fingerprint density at radius 2 is 0.940 bits per heavy atom. The maximum atomic E-state index is 12.4. The van der Waals surface area contributed by atoms with Gasteiger partial charge in [-0.25, -0.2) is 19.4 Å². The lowest BCUT2D eigenvalue weighted by Gasteiger charge is -2.29. The van der Waals surface area contributed by atoms with E-state index in [-0.39, 0.29) is 22.4 Å². The Bertz CT molecular complexity index is 2610. The Hall–Kier alpha value is -8.37. The van der Waals surface area contributed by atoms with Gasteiger partial charge in [0.2, 0.25) is 0 Å². The number of carboxylic acids is 3. The van der Waals surface area contributed by atoms with Crippen LogP contribution < -0.4 is 30.2 Å². The molecule has 7 aromatic rings. The third-order valence-electron chi connectivity index (χ3n) is 9.52. The number of piperazine rings is 1. The number of nitrogen functional groups attached to an aromatic ring is 1. The Balaban J connectivity index is 0.000000169. The van der Waals surface area contributed by atoms with Gasteiger partial charge in [0.15, 0.2) is 0 Å². The third-order valence-corrected chi connectivity index (χ3v) is 9.52. The average molecular weight is 917 g/mol. The largest absolute Gasteiger partial charge is 0.478 e. The number of aromatic carboxylic acids is 3. The molecule has 2 heterocycles. The number of aromatic nitrogens is 1. The molecule has 16 heteroatoms. The van der Waals surface area contributed by atoms with Gasteiger partial charge in [0.05, 0.1) is 34.1 Å². The lowest BCUT2D eigenvalue weighted by molar-refractivity contribution is -0.137. The van der Waals surface area contributed by atoms with Crippen molar-refractivity contribution < 1.29 is 57.1 Å². The van der Waals surface area contributed by atoms with Crippen LogP contribution in [0.25, 0.3) is 0 Å². The summed E-state index contributed by atoms with van der Waals surface area (Å²) >= 11 is 0. The molecule has 67 heavy (non-hydrogen) atoms. The van der Waals surface area contributed by atoms with E-state index in [2.05, 4.69) is 22.1 Å². The number of halogens is 3. The quantitative estimate of drug-likeness (QED) is 0.0823. The molecular formula is C51H47F3N4O9.